The van der Waals surface area contributed by atoms with Crippen LogP contribution in [-0.2, 0) is 63.0 Å². The van der Waals surface area contributed by atoms with Crippen LogP contribution in [0.1, 0.15) is 55.6 Å². The second-order valence-electron chi connectivity index (χ2n) is 6.25. The van der Waals surface area contributed by atoms with E-state index < -0.39 is 0 Å². The van der Waals surface area contributed by atoms with Crippen LogP contribution in [0.2, 0.25) is 0 Å². The first-order chi connectivity index (χ1) is 11.1. The molecule has 26 heavy (non-hydrogen) atoms. The van der Waals surface area contributed by atoms with Crippen LogP contribution in [0.3, 0.4) is 0 Å². The van der Waals surface area contributed by atoms with Crippen LogP contribution in [0.15, 0.2) is 0 Å². The zero-order valence-corrected chi connectivity index (χ0v) is 25.0. The summed E-state index contributed by atoms with van der Waals surface area (Å²) in [5.41, 5.74) is 14.7. The Balaban J connectivity index is -0.000000147. The summed E-state index contributed by atoms with van der Waals surface area (Å²) in [5, 5.41) is 0. The Morgan fingerprint density at radius 1 is 0.462 bits per heavy atom. The van der Waals surface area contributed by atoms with E-state index in [0.29, 0.717) is 0 Å². The SMILES string of the molecule is Cc1c(C)c(C)[c-](C)c1C.Cc1c(C)c(C)[c-](C)c1C.[SH-].[SH-].[S]=[Mo].[S]=[Mo]. The maximum atomic E-state index is 4.09. The van der Waals surface area contributed by atoms with E-state index in [0.717, 1.165) is 0 Å². The number of thiol groups is 2. The Hall–Kier alpha value is 1.22. The Kier molecular flexibility index (Phi) is 22.8. The first-order valence-corrected chi connectivity index (χ1v) is 13.4. The predicted octanol–water partition coefficient (Wildman–Crippen LogP) is 6.65. The van der Waals surface area contributed by atoms with Crippen molar-refractivity contribution < 1.29 is 36.0 Å². The molecule has 0 radical (unpaired) electrons. The molecule has 0 nitrogen and oxygen atoms in total. The second-order valence-corrected chi connectivity index (χ2v) is 6.25. The summed E-state index contributed by atoms with van der Waals surface area (Å²) < 4.78 is 0. The number of rotatable bonds is 0. The van der Waals surface area contributed by atoms with E-state index in [1.807, 2.05) is 0 Å². The van der Waals surface area contributed by atoms with Crippen molar-refractivity contribution in [1.29, 1.82) is 0 Å². The monoisotopic (exact) mass is 596 g/mol. The molecule has 0 amide bonds. The van der Waals surface area contributed by atoms with Gasteiger partial charge in [-0.05, 0) is 0 Å². The number of hydrogen-bond donors (Lipinski definition) is 0. The van der Waals surface area contributed by atoms with Gasteiger partial charge in [-0.25, -0.2) is 0 Å². The minimum absolute atomic E-state index is 0. The molecule has 0 unspecified atom stereocenters. The molecular weight excluding hydrogens is 560 g/mol. The van der Waals surface area contributed by atoms with Gasteiger partial charge in [0.2, 0.25) is 0 Å². The first-order valence-electron chi connectivity index (χ1n) is 7.83. The van der Waals surface area contributed by atoms with Gasteiger partial charge in [0.15, 0.2) is 0 Å². The summed E-state index contributed by atoms with van der Waals surface area (Å²) in [5.74, 6) is 0. The summed E-state index contributed by atoms with van der Waals surface area (Å²) in [6.07, 6.45) is 0. The predicted molar refractivity (Wildman–Crippen MR) is 124 cm³/mol. The van der Waals surface area contributed by atoms with Gasteiger partial charge in [0, 0.05) is 0 Å². The molecule has 0 saturated carbocycles. The third kappa shape index (κ3) is 8.71. The molecule has 0 fully saturated rings. The van der Waals surface area contributed by atoms with Gasteiger partial charge < -0.3 is 27.0 Å². The van der Waals surface area contributed by atoms with Crippen LogP contribution in [0.4, 0.5) is 0 Å². The summed E-state index contributed by atoms with van der Waals surface area (Å²) in [4.78, 5) is 0. The molecule has 0 aliphatic rings. The fourth-order valence-electron chi connectivity index (χ4n) is 2.81. The van der Waals surface area contributed by atoms with Crippen molar-refractivity contribution in [3.05, 3.63) is 55.6 Å². The van der Waals surface area contributed by atoms with Gasteiger partial charge in [-0.15, -0.1) is 0 Å². The fourth-order valence-corrected chi connectivity index (χ4v) is 2.81. The third-order valence-corrected chi connectivity index (χ3v) is 5.62. The van der Waals surface area contributed by atoms with E-state index in [2.05, 4.69) is 88.9 Å². The average Bonchev–Trinajstić information content (AvgIpc) is 2.89. The van der Waals surface area contributed by atoms with Crippen LogP contribution in [0.5, 0.6) is 0 Å². The number of hydrogen-bond acceptors (Lipinski definition) is 4. The molecule has 2 aromatic carbocycles. The van der Waals surface area contributed by atoms with E-state index in [4.69, 9.17) is 0 Å². The van der Waals surface area contributed by atoms with Gasteiger partial charge in [0.25, 0.3) is 0 Å². The Bertz CT molecular complexity index is 452. The molecule has 0 spiro atoms. The third-order valence-electron chi connectivity index (χ3n) is 5.62. The van der Waals surface area contributed by atoms with Crippen LogP contribution in [0, 0.1) is 69.2 Å². The minimum atomic E-state index is 0. The topological polar surface area (TPSA) is 0 Å². The Morgan fingerprint density at radius 2 is 0.577 bits per heavy atom. The Morgan fingerprint density at radius 3 is 0.615 bits per heavy atom. The molecular formula is C20H32Mo2S4-4. The van der Waals surface area contributed by atoms with E-state index in [1.54, 1.807) is 0 Å². The second kappa shape index (κ2) is 17.1. The van der Waals surface area contributed by atoms with Crippen molar-refractivity contribution in [1.82, 2.24) is 0 Å². The van der Waals surface area contributed by atoms with Crippen molar-refractivity contribution in [2.24, 2.45) is 0 Å². The van der Waals surface area contributed by atoms with Crippen LogP contribution in [0.25, 0.3) is 0 Å². The molecule has 0 atom stereocenters. The van der Waals surface area contributed by atoms with Gasteiger partial charge >= 0.3 is 55.6 Å². The molecule has 2 aromatic rings. The standard InChI is InChI=1S/2C10H15.2Mo.2H2S.2S/c2*1-6-7(2)9(4)10(5)8(6)3;;;;;;/h2*1-5H3;;;2*1H2;;/q2*-1;;;;;;/p-2. The molecule has 152 valence electrons. The van der Waals surface area contributed by atoms with Gasteiger partial charge in [-0.2, -0.15) is 55.6 Å². The van der Waals surface area contributed by atoms with Crippen molar-refractivity contribution in [2.75, 3.05) is 0 Å². The van der Waals surface area contributed by atoms with Gasteiger partial charge in [0.05, 0.1) is 0 Å². The summed E-state index contributed by atoms with van der Waals surface area (Å²) >= 11 is 3.07. The first kappa shape index (κ1) is 34.7. The molecule has 0 bridgehead atoms. The van der Waals surface area contributed by atoms with Gasteiger partial charge in [0.1, 0.15) is 0 Å². The molecule has 6 heteroatoms. The summed E-state index contributed by atoms with van der Waals surface area (Å²) in [6.45, 7) is 22.0. The van der Waals surface area contributed by atoms with Crippen molar-refractivity contribution >= 4 is 46.6 Å². The molecule has 0 saturated heterocycles. The van der Waals surface area contributed by atoms with Crippen molar-refractivity contribution in [3.63, 3.8) is 0 Å². The van der Waals surface area contributed by atoms with Crippen LogP contribution in [-0.4, -0.2) is 0 Å². The maximum absolute atomic E-state index is 4.09. The summed E-state index contributed by atoms with van der Waals surface area (Å²) in [6, 6.07) is 0. The quantitative estimate of drug-likeness (QED) is 0.145. The zero-order valence-electron chi connectivity index (χ0n) is 17.5. The van der Waals surface area contributed by atoms with Crippen LogP contribution < -0.4 is 0 Å². The molecule has 2 rings (SSSR count). The molecule has 0 aliphatic heterocycles. The van der Waals surface area contributed by atoms with Crippen LogP contribution >= 0.6 is 19.6 Å². The average molecular weight is 593 g/mol. The van der Waals surface area contributed by atoms with E-state index in [-0.39, 0.29) is 27.0 Å². The fraction of sp³-hybridized carbons (Fsp3) is 0.500. The van der Waals surface area contributed by atoms with E-state index in [1.165, 1.54) is 91.6 Å². The van der Waals surface area contributed by atoms with E-state index >= 15 is 0 Å². The van der Waals surface area contributed by atoms with Crippen molar-refractivity contribution in [3.8, 4) is 0 Å². The van der Waals surface area contributed by atoms with Crippen molar-refractivity contribution in [2.45, 2.75) is 69.2 Å². The molecule has 0 aliphatic carbocycles. The molecule has 0 N–H and O–H groups in total. The normalized spacial score (nSPS) is 8.38. The van der Waals surface area contributed by atoms with E-state index in [9.17, 15) is 0 Å². The van der Waals surface area contributed by atoms with Gasteiger partial charge in [-0.1, -0.05) is 69.2 Å². The van der Waals surface area contributed by atoms with Gasteiger partial charge in [-0.3, -0.25) is 0 Å². The Labute approximate surface area is 205 Å². The molecule has 0 aromatic heterocycles. The summed E-state index contributed by atoms with van der Waals surface area (Å²) in [7, 11) is 8.19. The zero-order chi connectivity index (χ0) is 19.8. The molecule has 0 heterocycles.